The van der Waals surface area contributed by atoms with Crippen LogP contribution in [0.3, 0.4) is 0 Å². The van der Waals surface area contributed by atoms with Crippen LogP contribution in [0, 0.1) is 6.92 Å². The normalized spacial score (nSPS) is 13.0. The first-order valence-corrected chi connectivity index (χ1v) is 7.17. The molecule has 0 aliphatic heterocycles. The predicted octanol–water partition coefficient (Wildman–Crippen LogP) is 4.19. The monoisotopic (exact) mass is 301 g/mol. The fourth-order valence-electron chi connectivity index (χ4n) is 1.51. The Morgan fingerprint density at radius 2 is 2.20 bits per heavy atom. The average molecular weight is 302 g/mol. The van der Waals surface area contributed by atoms with Crippen molar-refractivity contribution in [3.05, 3.63) is 42.7 Å². The van der Waals surface area contributed by atoms with Gasteiger partial charge in [0.1, 0.15) is 0 Å². The molecule has 1 unspecified atom stereocenters. The van der Waals surface area contributed by atoms with Crippen molar-refractivity contribution in [2.45, 2.75) is 13.0 Å². The van der Waals surface area contributed by atoms with Gasteiger partial charge < -0.3 is 5.32 Å². The number of aryl methyl sites for hydroxylation is 1. The molecule has 0 aliphatic carbocycles. The van der Waals surface area contributed by atoms with E-state index in [0.717, 1.165) is 0 Å². The van der Waals surface area contributed by atoms with Crippen LogP contribution in [0.1, 0.15) is 21.4 Å². The molecule has 1 nitrogen and oxygen atoms in total. The smallest absolute Gasteiger partial charge is 0.0762 e. The maximum atomic E-state index is 3.57. The molecule has 15 heavy (non-hydrogen) atoms. The maximum absolute atomic E-state index is 3.57. The zero-order valence-electron chi connectivity index (χ0n) is 8.58. The molecule has 4 heteroatoms. The molecule has 2 aromatic heterocycles. The Hall–Kier alpha value is -0.160. The van der Waals surface area contributed by atoms with Crippen molar-refractivity contribution >= 4 is 38.6 Å². The van der Waals surface area contributed by atoms with Gasteiger partial charge >= 0.3 is 0 Å². The second-order valence-corrected chi connectivity index (χ2v) is 6.72. The van der Waals surface area contributed by atoms with Crippen molar-refractivity contribution in [1.29, 1.82) is 0 Å². The van der Waals surface area contributed by atoms with Gasteiger partial charge in [0.2, 0.25) is 0 Å². The molecular formula is C11H12BrNS2. The third-order valence-corrected chi connectivity index (χ3v) is 5.42. The summed E-state index contributed by atoms with van der Waals surface area (Å²) in [5.74, 6) is 0. The molecule has 2 rings (SSSR count). The standard InChI is InChI=1S/C11H12BrNS2/c1-7-6-9(15-11(7)12)10(13-2)8-4-3-5-14-8/h3-6,10,13H,1-2H3. The van der Waals surface area contributed by atoms with E-state index in [-0.39, 0.29) is 0 Å². The largest absolute Gasteiger partial charge is 0.308 e. The Bertz CT molecular complexity index is 414. The summed E-state index contributed by atoms with van der Waals surface area (Å²) in [6.07, 6.45) is 0. The second kappa shape index (κ2) is 4.78. The van der Waals surface area contributed by atoms with Crippen LogP contribution in [0.15, 0.2) is 27.4 Å². The van der Waals surface area contributed by atoms with E-state index < -0.39 is 0 Å². The second-order valence-electron chi connectivity index (χ2n) is 3.34. The van der Waals surface area contributed by atoms with Gasteiger partial charge in [-0.05, 0) is 53.0 Å². The van der Waals surface area contributed by atoms with Crippen molar-refractivity contribution < 1.29 is 0 Å². The molecule has 0 spiro atoms. The Morgan fingerprint density at radius 3 is 2.67 bits per heavy atom. The molecule has 0 fully saturated rings. The molecule has 1 atom stereocenters. The number of halogens is 1. The highest BCUT2D eigenvalue weighted by atomic mass is 79.9. The van der Waals surface area contributed by atoms with E-state index >= 15 is 0 Å². The van der Waals surface area contributed by atoms with Crippen molar-refractivity contribution in [1.82, 2.24) is 5.32 Å². The highest BCUT2D eigenvalue weighted by molar-refractivity contribution is 9.11. The summed E-state index contributed by atoms with van der Waals surface area (Å²) >= 11 is 7.17. The molecule has 2 aromatic rings. The summed E-state index contributed by atoms with van der Waals surface area (Å²) in [6, 6.07) is 6.85. The number of rotatable bonds is 3. The molecule has 0 radical (unpaired) electrons. The molecule has 2 heterocycles. The van der Waals surface area contributed by atoms with Crippen LogP contribution in [-0.2, 0) is 0 Å². The molecule has 0 saturated heterocycles. The van der Waals surface area contributed by atoms with Gasteiger partial charge in [-0.3, -0.25) is 0 Å². The minimum Gasteiger partial charge on any atom is -0.308 e. The van der Waals surface area contributed by atoms with Crippen molar-refractivity contribution in [3.63, 3.8) is 0 Å². The molecule has 80 valence electrons. The van der Waals surface area contributed by atoms with Crippen molar-refractivity contribution in [2.75, 3.05) is 7.05 Å². The van der Waals surface area contributed by atoms with Gasteiger partial charge in [0, 0.05) is 9.75 Å². The topological polar surface area (TPSA) is 12.0 Å². The SMILES string of the molecule is CNC(c1cccs1)c1cc(C)c(Br)s1. The van der Waals surface area contributed by atoms with Crippen LogP contribution < -0.4 is 5.32 Å². The van der Waals surface area contributed by atoms with E-state index in [0.29, 0.717) is 6.04 Å². The van der Waals surface area contributed by atoms with Gasteiger partial charge in [-0.15, -0.1) is 22.7 Å². The lowest BCUT2D eigenvalue weighted by Crippen LogP contribution is -2.14. The fraction of sp³-hybridized carbons (Fsp3) is 0.273. The predicted molar refractivity (Wildman–Crippen MR) is 72.0 cm³/mol. The number of nitrogens with one attached hydrogen (secondary N) is 1. The first-order chi connectivity index (χ1) is 7.22. The number of hydrogen-bond donors (Lipinski definition) is 1. The Kier molecular flexibility index (Phi) is 3.61. The van der Waals surface area contributed by atoms with Crippen LogP contribution >= 0.6 is 38.6 Å². The van der Waals surface area contributed by atoms with Gasteiger partial charge in [0.15, 0.2) is 0 Å². The zero-order chi connectivity index (χ0) is 10.8. The van der Waals surface area contributed by atoms with Crippen LogP contribution in [0.5, 0.6) is 0 Å². The van der Waals surface area contributed by atoms with E-state index in [1.54, 1.807) is 22.7 Å². The summed E-state index contributed by atoms with van der Waals surface area (Å²) in [5, 5.41) is 5.48. The average Bonchev–Trinajstić information content (AvgIpc) is 2.80. The highest BCUT2D eigenvalue weighted by Crippen LogP contribution is 2.35. The van der Waals surface area contributed by atoms with E-state index in [4.69, 9.17) is 0 Å². The van der Waals surface area contributed by atoms with E-state index in [1.807, 2.05) is 7.05 Å². The van der Waals surface area contributed by atoms with E-state index in [9.17, 15) is 0 Å². The summed E-state index contributed by atoms with van der Waals surface area (Å²) in [7, 11) is 2.01. The quantitative estimate of drug-likeness (QED) is 0.896. The van der Waals surface area contributed by atoms with Gasteiger partial charge in [0.05, 0.1) is 9.83 Å². The lowest BCUT2D eigenvalue weighted by Gasteiger charge is -2.11. The van der Waals surface area contributed by atoms with Crippen molar-refractivity contribution in [2.24, 2.45) is 0 Å². The summed E-state index contributed by atoms with van der Waals surface area (Å²) in [6.45, 7) is 2.13. The first-order valence-electron chi connectivity index (χ1n) is 4.69. The maximum Gasteiger partial charge on any atom is 0.0762 e. The Balaban J connectivity index is 2.35. The van der Waals surface area contributed by atoms with Gasteiger partial charge in [-0.25, -0.2) is 0 Å². The number of thiophene rings is 2. The third-order valence-electron chi connectivity index (χ3n) is 2.28. The zero-order valence-corrected chi connectivity index (χ0v) is 11.8. The molecule has 0 saturated carbocycles. The first kappa shape index (κ1) is 11.3. The molecule has 0 aromatic carbocycles. The van der Waals surface area contributed by atoms with Crippen LogP contribution in [0.4, 0.5) is 0 Å². The molecule has 0 aliphatic rings. The minimum absolute atomic E-state index is 0.333. The molecule has 1 N–H and O–H groups in total. The van der Waals surface area contributed by atoms with Crippen LogP contribution in [0.25, 0.3) is 0 Å². The van der Waals surface area contributed by atoms with E-state index in [2.05, 4.69) is 51.7 Å². The molecule has 0 bridgehead atoms. The van der Waals surface area contributed by atoms with Crippen LogP contribution in [-0.4, -0.2) is 7.05 Å². The lowest BCUT2D eigenvalue weighted by atomic mass is 10.2. The van der Waals surface area contributed by atoms with Crippen molar-refractivity contribution in [3.8, 4) is 0 Å². The number of hydrogen-bond acceptors (Lipinski definition) is 3. The van der Waals surface area contributed by atoms with E-state index in [1.165, 1.54) is 19.1 Å². The minimum atomic E-state index is 0.333. The Labute approximate surface area is 106 Å². The third kappa shape index (κ3) is 2.33. The van der Waals surface area contributed by atoms with Gasteiger partial charge in [-0.2, -0.15) is 0 Å². The highest BCUT2D eigenvalue weighted by Gasteiger charge is 2.16. The summed E-state index contributed by atoms with van der Waals surface area (Å²) in [4.78, 5) is 2.73. The van der Waals surface area contributed by atoms with Crippen LogP contribution in [0.2, 0.25) is 0 Å². The Morgan fingerprint density at radius 1 is 1.40 bits per heavy atom. The van der Waals surface area contributed by atoms with Gasteiger partial charge in [-0.1, -0.05) is 6.07 Å². The lowest BCUT2D eigenvalue weighted by molar-refractivity contribution is 0.716. The fourth-order valence-corrected chi connectivity index (χ4v) is 4.13. The molecule has 0 amide bonds. The summed E-state index contributed by atoms with van der Waals surface area (Å²) < 4.78 is 1.23. The van der Waals surface area contributed by atoms with Gasteiger partial charge in [0.25, 0.3) is 0 Å². The molecular weight excluding hydrogens is 290 g/mol. The summed E-state index contributed by atoms with van der Waals surface area (Å²) in [5.41, 5.74) is 1.31.